The van der Waals surface area contributed by atoms with Gasteiger partial charge in [-0.3, -0.25) is 14.6 Å². The third kappa shape index (κ3) is 4.51. The zero-order valence-corrected chi connectivity index (χ0v) is 17.5. The van der Waals surface area contributed by atoms with E-state index in [9.17, 15) is 18.4 Å². The van der Waals surface area contributed by atoms with Gasteiger partial charge in [-0.1, -0.05) is 11.6 Å². The lowest BCUT2D eigenvalue weighted by Crippen LogP contribution is -2.28. The maximum Gasteiger partial charge on any atom is 0.278 e. The Morgan fingerprint density at radius 3 is 2.80 bits per heavy atom. The van der Waals surface area contributed by atoms with Gasteiger partial charge in [0.25, 0.3) is 17.7 Å². The Morgan fingerprint density at radius 1 is 1.43 bits per heavy atom. The summed E-state index contributed by atoms with van der Waals surface area (Å²) in [6.07, 6.45) is 2.86. The van der Waals surface area contributed by atoms with Crippen LogP contribution in [0.3, 0.4) is 0 Å². The molecule has 0 radical (unpaired) electrons. The smallest absolute Gasteiger partial charge is 0.278 e. The average molecular weight is 439 g/mol. The summed E-state index contributed by atoms with van der Waals surface area (Å²) >= 11 is 6.14. The summed E-state index contributed by atoms with van der Waals surface area (Å²) in [6.45, 7) is 4.12. The fourth-order valence-electron chi connectivity index (χ4n) is 3.15. The van der Waals surface area contributed by atoms with Crippen molar-refractivity contribution < 1.29 is 23.1 Å². The Bertz CT molecular complexity index is 981. The van der Waals surface area contributed by atoms with Crippen LogP contribution in [0.4, 0.5) is 8.78 Å². The molecule has 1 atom stereocenters. The summed E-state index contributed by atoms with van der Waals surface area (Å²) < 4.78 is 30.9. The highest BCUT2D eigenvalue weighted by molar-refractivity contribution is 6.31. The number of alkyl halides is 2. The zero-order valence-electron chi connectivity index (χ0n) is 16.7. The van der Waals surface area contributed by atoms with Gasteiger partial charge in [0, 0.05) is 43.5 Å². The molecule has 0 spiro atoms. The second-order valence-electron chi connectivity index (χ2n) is 7.07. The van der Waals surface area contributed by atoms with E-state index >= 15 is 0 Å². The Hall–Kier alpha value is -2.81. The van der Waals surface area contributed by atoms with Gasteiger partial charge >= 0.3 is 0 Å². The van der Waals surface area contributed by atoms with E-state index in [1.165, 1.54) is 18.5 Å². The number of carbonyl (C=O) groups excluding carboxylic acids is 2. The first-order valence-electron chi connectivity index (χ1n) is 9.35. The van der Waals surface area contributed by atoms with Crippen LogP contribution >= 0.6 is 11.6 Å². The lowest BCUT2D eigenvalue weighted by atomic mass is 10.1. The molecular weight excluding hydrogens is 418 g/mol. The highest BCUT2D eigenvalue weighted by atomic mass is 35.5. The predicted octanol–water partition coefficient (Wildman–Crippen LogP) is 3.63. The topological polar surface area (TPSA) is 84.4 Å². The zero-order chi connectivity index (χ0) is 22.1. The van der Waals surface area contributed by atoms with Gasteiger partial charge in [0.1, 0.15) is 10.7 Å². The molecule has 30 heavy (non-hydrogen) atoms. The normalized spacial score (nSPS) is 14.5. The SMILES string of the molecule is CCNC(=O)c1nccc2c1CN(C(C)c1cnc(OCC(C)(F)F)c(Cl)c1)C2=O. The molecule has 1 aliphatic heterocycles. The van der Waals surface area contributed by atoms with Gasteiger partial charge in [-0.05, 0) is 31.5 Å². The molecule has 7 nitrogen and oxygen atoms in total. The molecule has 0 fully saturated rings. The molecule has 2 aromatic heterocycles. The van der Waals surface area contributed by atoms with Crippen LogP contribution in [0.1, 0.15) is 58.8 Å². The number of carbonyl (C=O) groups is 2. The predicted molar refractivity (Wildman–Crippen MR) is 106 cm³/mol. The van der Waals surface area contributed by atoms with E-state index in [0.717, 1.165) is 6.92 Å². The largest absolute Gasteiger partial charge is 0.470 e. The van der Waals surface area contributed by atoms with Crippen LogP contribution in [-0.2, 0) is 6.54 Å². The van der Waals surface area contributed by atoms with E-state index < -0.39 is 18.6 Å². The number of halogens is 3. The van der Waals surface area contributed by atoms with Gasteiger partial charge in [-0.15, -0.1) is 0 Å². The quantitative estimate of drug-likeness (QED) is 0.713. The van der Waals surface area contributed by atoms with Crippen molar-refractivity contribution in [3.63, 3.8) is 0 Å². The number of rotatable bonds is 7. The second kappa shape index (κ2) is 8.51. The first-order chi connectivity index (χ1) is 14.1. The van der Waals surface area contributed by atoms with Gasteiger partial charge in [0.15, 0.2) is 6.61 Å². The fourth-order valence-corrected chi connectivity index (χ4v) is 3.38. The minimum absolute atomic E-state index is 0.0671. The van der Waals surface area contributed by atoms with Crippen molar-refractivity contribution in [1.29, 1.82) is 0 Å². The van der Waals surface area contributed by atoms with Crippen LogP contribution in [0.2, 0.25) is 5.02 Å². The molecule has 0 bridgehead atoms. The number of pyridine rings is 2. The molecule has 10 heteroatoms. The van der Waals surface area contributed by atoms with Crippen molar-refractivity contribution in [3.8, 4) is 5.88 Å². The molecule has 3 rings (SSSR count). The lowest BCUT2D eigenvalue weighted by Gasteiger charge is -2.25. The van der Waals surface area contributed by atoms with E-state index in [0.29, 0.717) is 23.2 Å². The summed E-state index contributed by atoms with van der Waals surface area (Å²) in [5, 5.41) is 2.76. The summed E-state index contributed by atoms with van der Waals surface area (Å²) in [4.78, 5) is 34.9. The van der Waals surface area contributed by atoms with Crippen molar-refractivity contribution in [2.45, 2.75) is 39.3 Å². The lowest BCUT2D eigenvalue weighted by molar-refractivity contribution is -0.0242. The van der Waals surface area contributed by atoms with Gasteiger partial charge in [-0.25, -0.2) is 13.8 Å². The molecule has 2 amide bonds. The molecule has 0 saturated heterocycles. The molecule has 0 aromatic carbocycles. The third-order valence-corrected chi connectivity index (χ3v) is 4.94. The monoisotopic (exact) mass is 438 g/mol. The number of hydrogen-bond donors (Lipinski definition) is 1. The van der Waals surface area contributed by atoms with Crippen LogP contribution < -0.4 is 10.1 Å². The van der Waals surface area contributed by atoms with Crippen LogP contribution in [0.25, 0.3) is 0 Å². The maximum atomic E-state index is 13.0. The highest BCUT2D eigenvalue weighted by Crippen LogP contribution is 2.34. The number of nitrogens with zero attached hydrogens (tertiary/aromatic N) is 3. The van der Waals surface area contributed by atoms with Crippen molar-refractivity contribution >= 4 is 23.4 Å². The number of amides is 2. The summed E-state index contributed by atoms with van der Waals surface area (Å²) in [7, 11) is 0. The van der Waals surface area contributed by atoms with Crippen LogP contribution in [0, 0.1) is 0 Å². The number of hydrogen-bond acceptors (Lipinski definition) is 5. The molecule has 0 saturated carbocycles. The van der Waals surface area contributed by atoms with Crippen LogP contribution in [-0.4, -0.2) is 45.8 Å². The maximum absolute atomic E-state index is 13.0. The number of fused-ring (bicyclic) bond motifs is 1. The van der Waals surface area contributed by atoms with Crippen molar-refractivity contribution in [2.24, 2.45) is 0 Å². The van der Waals surface area contributed by atoms with Gasteiger partial charge in [0.05, 0.1) is 6.04 Å². The first-order valence-corrected chi connectivity index (χ1v) is 9.73. The van der Waals surface area contributed by atoms with Gasteiger partial charge in [-0.2, -0.15) is 0 Å². The van der Waals surface area contributed by atoms with Crippen molar-refractivity contribution in [2.75, 3.05) is 13.2 Å². The van der Waals surface area contributed by atoms with Crippen LogP contribution in [0.15, 0.2) is 24.5 Å². The highest BCUT2D eigenvalue weighted by Gasteiger charge is 2.35. The van der Waals surface area contributed by atoms with Crippen molar-refractivity contribution in [1.82, 2.24) is 20.2 Å². The number of nitrogens with one attached hydrogen (secondary N) is 1. The number of aromatic nitrogens is 2. The Labute approximate surface area is 177 Å². The fraction of sp³-hybridized carbons (Fsp3) is 0.400. The Balaban J connectivity index is 1.81. The molecule has 0 aliphatic carbocycles. The minimum atomic E-state index is -3.01. The molecule has 1 aliphatic rings. The second-order valence-corrected chi connectivity index (χ2v) is 7.48. The van der Waals surface area contributed by atoms with Gasteiger partial charge in [0.2, 0.25) is 5.88 Å². The minimum Gasteiger partial charge on any atom is -0.470 e. The summed E-state index contributed by atoms with van der Waals surface area (Å²) in [5.41, 5.74) is 1.80. The molecule has 2 aromatic rings. The summed E-state index contributed by atoms with van der Waals surface area (Å²) in [5.74, 6) is -3.70. The molecule has 1 N–H and O–H groups in total. The Kier molecular flexibility index (Phi) is 6.21. The Morgan fingerprint density at radius 2 is 2.17 bits per heavy atom. The summed E-state index contributed by atoms with van der Waals surface area (Å²) in [6, 6.07) is 2.68. The molecular formula is C20H21ClF2N4O3. The molecule has 3 heterocycles. The standard InChI is InChI=1S/C20H21ClF2N4O3/c1-4-24-17(28)16-14-9-27(19(29)13(14)5-6-25-16)11(2)12-7-15(21)18(26-8-12)30-10-20(3,22)23/h5-8,11H,4,9-10H2,1-3H3,(H,24,28). The van der Waals surface area contributed by atoms with Crippen molar-refractivity contribution in [3.05, 3.63) is 51.9 Å². The van der Waals surface area contributed by atoms with E-state index in [-0.39, 0.29) is 35.0 Å². The van der Waals surface area contributed by atoms with Crippen LogP contribution in [0.5, 0.6) is 5.88 Å². The first kappa shape index (κ1) is 21.9. The third-order valence-electron chi connectivity index (χ3n) is 4.67. The molecule has 160 valence electrons. The number of ether oxygens (including phenoxy) is 1. The van der Waals surface area contributed by atoms with E-state index in [2.05, 4.69) is 15.3 Å². The van der Waals surface area contributed by atoms with E-state index in [4.69, 9.17) is 16.3 Å². The molecule has 1 unspecified atom stereocenters. The van der Waals surface area contributed by atoms with E-state index in [1.807, 2.05) is 0 Å². The van der Waals surface area contributed by atoms with Gasteiger partial charge < -0.3 is 15.0 Å². The average Bonchev–Trinajstić information content (AvgIpc) is 3.02. The van der Waals surface area contributed by atoms with E-state index in [1.54, 1.807) is 24.8 Å².